The average Bonchev–Trinajstić information content (AvgIpc) is 2.78. The topological polar surface area (TPSA) is 110 Å². The Labute approximate surface area is 166 Å². The number of carbonyl (C=O) groups excluding carboxylic acids is 1. The van der Waals surface area contributed by atoms with Gasteiger partial charge >= 0.3 is 0 Å². The lowest BCUT2D eigenvalue weighted by Gasteiger charge is -2.27. The molecule has 0 bridgehead atoms. The van der Waals surface area contributed by atoms with Gasteiger partial charge in [-0.3, -0.25) is 14.6 Å². The molecule has 0 fully saturated rings. The highest BCUT2D eigenvalue weighted by atomic mass is 16.5. The summed E-state index contributed by atoms with van der Waals surface area (Å²) in [4.78, 5) is 42.0. The van der Waals surface area contributed by atoms with Gasteiger partial charge in [-0.2, -0.15) is 0 Å². The minimum atomic E-state index is -0.211. The van der Waals surface area contributed by atoms with Crippen LogP contribution < -0.4 is 15.0 Å². The molecule has 4 rings (SSSR count). The molecule has 1 aromatic carbocycles. The first-order chi connectivity index (χ1) is 14.1. The van der Waals surface area contributed by atoms with Crippen LogP contribution in [0.1, 0.15) is 11.3 Å². The number of aromatic nitrogens is 4. The van der Waals surface area contributed by atoms with Crippen LogP contribution in [0.3, 0.4) is 0 Å². The van der Waals surface area contributed by atoms with E-state index in [9.17, 15) is 9.59 Å². The summed E-state index contributed by atoms with van der Waals surface area (Å²) >= 11 is 0. The van der Waals surface area contributed by atoms with Crippen molar-refractivity contribution in [2.24, 2.45) is 0 Å². The van der Waals surface area contributed by atoms with E-state index < -0.39 is 0 Å². The lowest BCUT2D eigenvalue weighted by atomic mass is 10.1. The molecule has 1 aliphatic heterocycles. The van der Waals surface area contributed by atoms with Crippen molar-refractivity contribution < 1.29 is 14.3 Å². The largest absolute Gasteiger partial charge is 0.497 e. The number of hydrogen-bond acceptors (Lipinski definition) is 7. The molecule has 0 radical (unpaired) electrons. The van der Waals surface area contributed by atoms with E-state index in [2.05, 4.69) is 19.9 Å². The molecule has 0 aliphatic carbocycles. The van der Waals surface area contributed by atoms with Gasteiger partial charge in [-0.15, -0.1) is 0 Å². The Morgan fingerprint density at radius 2 is 2.00 bits per heavy atom. The van der Waals surface area contributed by atoms with Gasteiger partial charge in [0.05, 0.1) is 25.5 Å². The van der Waals surface area contributed by atoms with Gasteiger partial charge in [-0.05, 0) is 30.7 Å². The van der Waals surface area contributed by atoms with Gasteiger partial charge in [-0.1, -0.05) is 0 Å². The average molecular weight is 393 g/mol. The number of methoxy groups -OCH3 is 1. The van der Waals surface area contributed by atoms with Crippen molar-refractivity contribution in [2.45, 2.75) is 13.0 Å². The standard InChI is InChI=1S/C20H19N5O4/c1-28-13-2-4-14(5-3-13)29-12-18(26)25-9-6-15-17(11-25)23-19(24-20(15)27)16-10-21-7-8-22-16/h2-5,7-8,10H,6,9,11-12H2,1H3,(H,23,24,27). The fourth-order valence-corrected chi connectivity index (χ4v) is 3.10. The van der Waals surface area contributed by atoms with Crippen LogP contribution in [0.5, 0.6) is 11.5 Å². The zero-order valence-electron chi connectivity index (χ0n) is 15.8. The Morgan fingerprint density at radius 3 is 2.72 bits per heavy atom. The summed E-state index contributed by atoms with van der Waals surface area (Å²) in [7, 11) is 1.59. The van der Waals surface area contributed by atoms with Gasteiger partial charge in [0.25, 0.3) is 11.5 Å². The molecule has 9 heteroatoms. The van der Waals surface area contributed by atoms with Gasteiger partial charge in [0.2, 0.25) is 0 Å². The monoisotopic (exact) mass is 393 g/mol. The Bertz CT molecular complexity index is 1070. The summed E-state index contributed by atoms with van der Waals surface area (Å²) in [5, 5.41) is 0. The Kier molecular flexibility index (Phi) is 5.19. The number of carbonyl (C=O) groups is 1. The van der Waals surface area contributed by atoms with Crippen LogP contribution in [0.2, 0.25) is 0 Å². The third-order valence-corrected chi connectivity index (χ3v) is 4.65. The van der Waals surface area contributed by atoms with Crippen LogP contribution in [0, 0.1) is 0 Å². The van der Waals surface area contributed by atoms with Crippen LogP contribution in [0.4, 0.5) is 0 Å². The van der Waals surface area contributed by atoms with Gasteiger partial charge in [0, 0.05) is 24.5 Å². The molecule has 0 saturated carbocycles. The second-order valence-electron chi connectivity index (χ2n) is 6.46. The maximum absolute atomic E-state index is 12.6. The SMILES string of the molecule is COc1ccc(OCC(=O)N2CCc3c(nc(-c4cnccn4)[nH]c3=O)C2)cc1. The third kappa shape index (κ3) is 4.08. The molecular weight excluding hydrogens is 374 g/mol. The zero-order chi connectivity index (χ0) is 20.2. The number of hydrogen-bond donors (Lipinski definition) is 1. The Balaban J connectivity index is 1.46. The van der Waals surface area contributed by atoms with Crippen LogP contribution in [0.15, 0.2) is 47.7 Å². The number of rotatable bonds is 5. The molecule has 1 amide bonds. The lowest BCUT2D eigenvalue weighted by Crippen LogP contribution is -2.41. The smallest absolute Gasteiger partial charge is 0.260 e. The number of nitrogens with zero attached hydrogens (tertiary/aromatic N) is 4. The van der Waals surface area contributed by atoms with Crippen molar-refractivity contribution >= 4 is 5.91 Å². The van der Waals surface area contributed by atoms with Crippen LogP contribution in [0.25, 0.3) is 11.5 Å². The second kappa shape index (κ2) is 8.09. The minimum absolute atomic E-state index is 0.0954. The van der Waals surface area contributed by atoms with E-state index >= 15 is 0 Å². The fourth-order valence-electron chi connectivity index (χ4n) is 3.10. The number of benzene rings is 1. The van der Waals surface area contributed by atoms with E-state index in [1.165, 1.54) is 12.4 Å². The zero-order valence-corrected chi connectivity index (χ0v) is 15.8. The number of aromatic amines is 1. The first-order valence-electron chi connectivity index (χ1n) is 9.07. The molecule has 3 aromatic rings. The maximum atomic E-state index is 12.6. The fraction of sp³-hybridized carbons (Fsp3) is 0.250. The minimum Gasteiger partial charge on any atom is -0.497 e. The summed E-state index contributed by atoms with van der Waals surface area (Å²) < 4.78 is 10.7. The molecule has 0 unspecified atom stereocenters. The number of amides is 1. The predicted molar refractivity (Wildman–Crippen MR) is 103 cm³/mol. The Hall–Kier alpha value is -3.75. The molecule has 148 valence electrons. The van der Waals surface area contributed by atoms with Crippen molar-refractivity contribution in [1.82, 2.24) is 24.8 Å². The first-order valence-corrected chi connectivity index (χ1v) is 9.07. The number of fused-ring (bicyclic) bond motifs is 1. The van der Waals surface area contributed by atoms with E-state index in [0.717, 1.165) is 0 Å². The molecule has 29 heavy (non-hydrogen) atoms. The highest BCUT2D eigenvalue weighted by Crippen LogP contribution is 2.19. The molecular formula is C20H19N5O4. The van der Waals surface area contributed by atoms with Crippen molar-refractivity contribution in [2.75, 3.05) is 20.3 Å². The molecule has 1 aliphatic rings. The summed E-state index contributed by atoms with van der Waals surface area (Å²) in [6.07, 6.45) is 5.04. The van der Waals surface area contributed by atoms with Crippen molar-refractivity contribution in [3.05, 3.63) is 64.5 Å². The van der Waals surface area contributed by atoms with E-state index in [1.807, 2.05) is 0 Å². The first kappa shape index (κ1) is 18.6. The summed E-state index contributed by atoms with van der Waals surface area (Å²) in [5.41, 5.74) is 1.42. The molecule has 1 N–H and O–H groups in total. The van der Waals surface area contributed by atoms with Gasteiger partial charge < -0.3 is 19.4 Å². The van der Waals surface area contributed by atoms with Crippen LogP contribution >= 0.6 is 0 Å². The van der Waals surface area contributed by atoms with Gasteiger partial charge in [0.15, 0.2) is 12.4 Å². The number of nitrogens with one attached hydrogen (secondary N) is 1. The lowest BCUT2D eigenvalue weighted by molar-refractivity contribution is -0.134. The highest BCUT2D eigenvalue weighted by Gasteiger charge is 2.25. The molecule has 0 spiro atoms. The predicted octanol–water partition coefficient (Wildman–Crippen LogP) is 1.20. The van der Waals surface area contributed by atoms with Crippen LogP contribution in [-0.2, 0) is 17.8 Å². The van der Waals surface area contributed by atoms with E-state index in [4.69, 9.17) is 9.47 Å². The van der Waals surface area contributed by atoms with Crippen molar-refractivity contribution in [3.8, 4) is 23.0 Å². The number of ether oxygens (including phenoxy) is 2. The third-order valence-electron chi connectivity index (χ3n) is 4.65. The molecule has 3 heterocycles. The number of H-pyrrole nitrogens is 1. The molecule has 0 atom stereocenters. The van der Waals surface area contributed by atoms with Crippen LogP contribution in [-0.4, -0.2) is 51.0 Å². The van der Waals surface area contributed by atoms with Gasteiger partial charge in [0.1, 0.15) is 17.2 Å². The van der Waals surface area contributed by atoms with Crippen molar-refractivity contribution in [3.63, 3.8) is 0 Å². The maximum Gasteiger partial charge on any atom is 0.260 e. The second-order valence-corrected chi connectivity index (χ2v) is 6.46. The molecule has 2 aromatic heterocycles. The van der Waals surface area contributed by atoms with Crippen molar-refractivity contribution in [1.29, 1.82) is 0 Å². The summed E-state index contributed by atoms with van der Waals surface area (Å²) in [5.74, 6) is 1.46. The van der Waals surface area contributed by atoms with E-state index in [1.54, 1.807) is 42.5 Å². The highest BCUT2D eigenvalue weighted by molar-refractivity contribution is 5.78. The summed E-state index contributed by atoms with van der Waals surface area (Å²) in [6.45, 7) is 0.590. The van der Waals surface area contributed by atoms with E-state index in [-0.39, 0.29) is 24.6 Å². The molecule has 9 nitrogen and oxygen atoms in total. The van der Waals surface area contributed by atoms with E-state index in [0.29, 0.717) is 47.2 Å². The Morgan fingerprint density at radius 1 is 1.21 bits per heavy atom. The summed E-state index contributed by atoms with van der Waals surface area (Å²) in [6, 6.07) is 7.01. The van der Waals surface area contributed by atoms with Gasteiger partial charge in [-0.25, -0.2) is 9.97 Å². The quantitative estimate of drug-likeness (QED) is 0.693. The molecule has 0 saturated heterocycles. The normalized spacial score (nSPS) is 12.9.